The molecule has 29 heavy (non-hydrogen) atoms. The highest BCUT2D eigenvalue weighted by molar-refractivity contribution is 9.10. The van der Waals surface area contributed by atoms with E-state index in [-0.39, 0.29) is 5.41 Å². The number of ether oxygens (including phenoxy) is 1. The predicted octanol–water partition coefficient (Wildman–Crippen LogP) is 4.93. The monoisotopic (exact) mass is 459 g/mol. The van der Waals surface area contributed by atoms with E-state index in [2.05, 4.69) is 66.3 Å². The Morgan fingerprint density at radius 2 is 1.83 bits per heavy atom. The summed E-state index contributed by atoms with van der Waals surface area (Å²) in [4.78, 5) is 22.7. The van der Waals surface area contributed by atoms with E-state index < -0.39 is 17.9 Å². The van der Waals surface area contributed by atoms with Crippen LogP contribution in [0.2, 0.25) is 0 Å². The Kier molecular flexibility index (Phi) is 7.62. The fraction of sp³-hybridized carbons (Fsp3) is 0.304. The van der Waals surface area contributed by atoms with E-state index in [4.69, 9.17) is 9.84 Å². The standard InChI is InChI=1S/C23H26BrNO4/c1-15(22(27)28)25-21(26)12-7-17-13-19(24)10-11-20(17)29-14-16-5-8-18(9-6-16)23(2,3)4/h5-13,15H,14H2,1-4H3,(H,25,26)(H,27,28)/b12-7+. The summed E-state index contributed by atoms with van der Waals surface area (Å²) in [6, 6.07) is 12.9. The van der Waals surface area contributed by atoms with E-state index in [1.54, 1.807) is 6.08 Å². The third kappa shape index (κ3) is 7.06. The lowest BCUT2D eigenvalue weighted by molar-refractivity contribution is -0.140. The summed E-state index contributed by atoms with van der Waals surface area (Å²) in [7, 11) is 0. The summed E-state index contributed by atoms with van der Waals surface area (Å²) in [5, 5.41) is 11.3. The van der Waals surface area contributed by atoms with Gasteiger partial charge in [0.05, 0.1) is 0 Å². The van der Waals surface area contributed by atoms with Crippen LogP contribution >= 0.6 is 15.9 Å². The Morgan fingerprint density at radius 3 is 2.41 bits per heavy atom. The number of hydrogen-bond donors (Lipinski definition) is 2. The molecule has 1 amide bonds. The molecule has 0 aliphatic heterocycles. The lowest BCUT2D eigenvalue weighted by Gasteiger charge is -2.19. The van der Waals surface area contributed by atoms with Crippen LogP contribution in [0.15, 0.2) is 53.0 Å². The second-order valence-corrected chi connectivity index (χ2v) is 8.74. The van der Waals surface area contributed by atoms with Crippen molar-refractivity contribution in [1.29, 1.82) is 0 Å². The SMILES string of the molecule is CC(NC(=O)/C=C/c1cc(Br)ccc1OCc1ccc(C(C)(C)C)cc1)C(=O)O. The summed E-state index contributed by atoms with van der Waals surface area (Å²) >= 11 is 3.42. The van der Waals surface area contributed by atoms with Crippen molar-refractivity contribution in [3.05, 3.63) is 69.7 Å². The van der Waals surface area contributed by atoms with Gasteiger partial charge in [0.15, 0.2) is 0 Å². The zero-order valence-corrected chi connectivity index (χ0v) is 18.6. The summed E-state index contributed by atoms with van der Waals surface area (Å²) in [5.74, 6) is -0.942. The third-order valence-corrected chi connectivity index (χ3v) is 4.82. The van der Waals surface area contributed by atoms with E-state index in [0.717, 1.165) is 10.0 Å². The number of halogens is 1. The van der Waals surface area contributed by atoms with Crippen molar-refractivity contribution < 1.29 is 19.4 Å². The first-order valence-corrected chi connectivity index (χ1v) is 10.1. The second kappa shape index (κ2) is 9.74. The summed E-state index contributed by atoms with van der Waals surface area (Å²) < 4.78 is 6.80. The molecule has 0 heterocycles. The van der Waals surface area contributed by atoms with Gasteiger partial charge in [0.2, 0.25) is 5.91 Å². The van der Waals surface area contributed by atoms with Gasteiger partial charge in [-0.15, -0.1) is 0 Å². The van der Waals surface area contributed by atoms with Crippen LogP contribution in [-0.4, -0.2) is 23.0 Å². The molecule has 2 aromatic rings. The molecule has 0 bridgehead atoms. The van der Waals surface area contributed by atoms with Crippen molar-refractivity contribution in [2.75, 3.05) is 0 Å². The summed E-state index contributed by atoms with van der Waals surface area (Å²) in [5.41, 5.74) is 3.12. The molecular formula is C23H26BrNO4. The van der Waals surface area contributed by atoms with E-state index >= 15 is 0 Å². The van der Waals surface area contributed by atoms with Crippen molar-refractivity contribution >= 4 is 33.9 Å². The highest BCUT2D eigenvalue weighted by Gasteiger charge is 2.13. The predicted molar refractivity (Wildman–Crippen MR) is 118 cm³/mol. The topological polar surface area (TPSA) is 75.6 Å². The van der Waals surface area contributed by atoms with Gasteiger partial charge in [0.25, 0.3) is 0 Å². The normalized spacial score (nSPS) is 12.6. The van der Waals surface area contributed by atoms with E-state index in [9.17, 15) is 9.59 Å². The molecule has 0 fully saturated rings. The van der Waals surface area contributed by atoms with Crippen molar-refractivity contribution in [2.24, 2.45) is 0 Å². The third-order valence-electron chi connectivity index (χ3n) is 4.33. The molecular weight excluding hydrogens is 434 g/mol. The first-order chi connectivity index (χ1) is 13.6. The molecule has 0 saturated heterocycles. The quantitative estimate of drug-likeness (QED) is 0.575. The minimum atomic E-state index is -1.09. The number of benzene rings is 2. The first-order valence-electron chi connectivity index (χ1n) is 9.29. The summed E-state index contributed by atoms with van der Waals surface area (Å²) in [6.07, 6.45) is 2.90. The van der Waals surface area contributed by atoms with Crippen LogP contribution in [0.25, 0.3) is 6.08 Å². The maximum absolute atomic E-state index is 11.9. The molecule has 2 rings (SSSR count). The molecule has 2 aromatic carbocycles. The van der Waals surface area contributed by atoms with Gasteiger partial charge in [0.1, 0.15) is 18.4 Å². The Morgan fingerprint density at radius 1 is 1.17 bits per heavy atom. The zero-order valence-electron chi connectivity index (χ0n) is 17.0. The van der Waals surface area contributed by atoms with Crippen LogP contribution in [0.5, 0.6) is 5.75 Å². The van der Waals surface area contributed by atoms with Gasteiger partial charge in [-0.2, -0.15) is 0 Å². The molecule has 0 radical (unpaired) electrons. The van der Waals surface area contributed by atoms with Crippen LogP contribution in [-0.2, 0) is 21.6 Å². The molecule has 0 spiro atoms. The zero-order chi connectivity index (χ0) is 21.6. The molecule has 2 N–H and O–H groups in total. The molecule has 0 aromatic heterocycles. The van der Waals surface area contributed by atoms with Gasteiger partial charge in [-0.1, -0.05) is 61.0 Å². The van der Waals surface area contributed by atoms with Crippen molar-refractivity contribution in [3.63, 3.8) is 0 Å². The lowest BCUT2D eigenvalue weighted by atomic mass is 9.87. The van der Waals surface area contributed by atoms with E-state index in [1.165, 1.54) is 18.6 Å². The minimum Gasteiger partial charge on any atom is -0.488 e. The van der Waals surface area contributed by atoms with Crippen molar-refractivity contribution in [1.82, 2.24) is 5.32 Å². The Hall–Kier alpha value is -2.60. The number of aliphatic carboxylic acids is 1. The number of carboxylic acid groups (broad SMARTS) is 1. The number of carbonyl (C=O) groups is 2. The van der Waals surface area contributed by atoms with Crippen LogP contribution in [0.1, 0.15) is 44.4 Å². The maximum Gasteiger partial charge on any atom is 0.325 e. The van der Waals surface area contributed by atoms with Crippen LogP contribution < -0.4 is 10.1 Å². The molecule has 5 nitrogen and oxygen atoms in total. The average molecular weight is 460 g/mol. The number of hydrogen-bond acceptors (Lipinski definition) is 3. The van der Waals surface area contributed by atoms with Crippen molar-refractivity contribution in [3.8, 4) is 5.75 Å². The highest BCUT2D eigenvalue weighted by Crippen LogP contribution is 2.26. The smallest absolute Gasteiger partial charge is 0.325 e. The van der Waals surface area contributed by atoms with Gasteiger partial charge < -0.3 is 15.2 Å². The second-order valence-electron chi connectivity index (χ2n) is 7.82. The molecule has 0 saturated carbocycles. The molecule has 154 valence electrons. The van der Waals surface area contributed by atoms with E-state index in [1.807, 2.05) is 18.2 Å². The average Bonchev–Trinajstić information content (AvgIpc) is 2.65. The number of nitrogens with one attached hydrogen (secondary N) is 1. The van der Waals surface area contributed by atoms with Gasteiger partial charge in [-0.05, 0) is 47.7 Å². The fourth-order valence-corrected chi connectivity index (χ4v) is 2.91. The molecule has 0 aliphatic carbocycles. The van der Waals surface area contributed by atoms with Crippen LogP contribution in [0.4, 0.5) is 0 Å². The fourth-order valence-electron chi connectivity index (χ4n) is 2.53. The van der Waals surface area contributed by atoms with Crippen LogP contribution in [0.3, 0.4) is 0 Å². The van der Waals surface area contributed by atoms with Crippen molar-refractivity contribution in [2.45, 2.75) is 45.8 Å². The van der Waals surface area contributed by atoms with E-state index in [0.29, 0.717) is 17.9 Å². The van der Waals surface area contributed by atoms with Gasteiger partial charge in [-0.3, -0.25) is 9.59 Å². The largest absolute Gasteiger partial charge is 0.488 e. The Bertz CT molecular complexity index is 898. The lowest BCUT2D eigenvalue weighted by Crippen LogP contribution is -2.37. The molecule has 1 atom stereocenters. The Balaban J connectivity index is 2.09. The number of carbonyl (C=O) groups excluding carboxylic acids is 1. The van der Waals surface area contributed by atoms with Gasteiger partial charge >= 0.3 is 5.97 Å². The Labute approximate surface area is 179 Å². The molecule has 1 unspecified atom stereocenters. The van der Waals surface area contributed by atoms with Crippen LogP contribution in [0, 0.1) is 0 Å². The van der Waals surface area contributed by atoms with Gasteiger partial charge in [0, 0.05) is 16.1 Å². The maximum atomic E-state index is 11.9. The number of rotatable bonds is 7. The highest BCUT2D eigenvalue weighted by atomic mass is 79.9. The first kappa shape index (κ1) is 22.7. The molecule has 6 heteroatoms. The minimum absolute atomic E-state index is 0.0990. The summed E-state index contributed by atoms with van der Waals surface area (Å²) in [6.45, 7) is 8.33. The molecule has 0 aliphatic rings. The number of amides is 1. The van der Waals surface area contributed by atoms with Gasteiger partial charge in [-0.25, -0.2) is 0 Å². The number of carboxylic acids is 1.